The van der Waals surface area contributed by atoms with E-state index in [9.17, 15) is 8.78 Å². The highest BCUT2D eigenvalue weighted by atomic mass is 32.2. The molecule has 1 heterocycles. The number of hydrogen-bond donors (Lipinski definition) is 1. The van der Waals surface area contributed by atoms with E-state index < -0.39 is 16.8 Å². The van der Waals surface area contributed by atoms with Gasteiger partial charge in [-0.3, -0.25) is 0 Å². The van der Waals surface area contributed by atoms with Crippen LogP contribution in [0.15, 0.2) is 51.6 Å². The van der Waals surface area contributed by atoms with Crippen molar-refractivity contribution in [3.63, 3.8) is 0 Å². The summed E-state index contributed by atoms with van der Waals surface area (Å²) < 4.78 is 37.0. The third-order valence-electron chi connectivity index (χ3n) is 3.61. The van der Waals surface area contributed by atoms with E-state index in [1.807, 2.05) is 0 Å². The first-order valence-electron chi connectivity index (χ1n) is 7.59. The molecule has 2 aromatic carbocycles. The fraction of sp³-hybridized carbons (Fsp3) is 0.235. The molecule has 0 spiro atoms. The van der Waals surface area contributed by atoms with Gasteiger partial charge in [0.05, 0.1) is 19.9 Å². The summed E-state index contributed by atoms with van der Waals surface area (Å²) in [6.45, 7) is 0. The molecule has 136 valence electrons. The lowest BCUT2D eigenvalue weighted by atomic mass is 10.2. The van der Waals surface area contributed by atoms with Crippen LogP contribution in [0.1, 0.15) is 5.56 Å². The van der Waals surface area contributed by atoms with Crippen molar-refractivity contribution in [1.29, 1.82) is 0 Å². The highest BCUT2D eigenvalue weighted by molar-refractivity contribution is 8.00. The Hall–Kier alpha value is -2.68. The van der Waals surface area contributed by atoms with Crippen LogP contribution in [0.4, 0.5) is 14.5 Å². The van der Waals surface area contributed by atoms with Gasteiger partial charge >= 0.3 is 0 Å². The maximum Gasteiger partial charge on any atom is 0.296 e. The molecule has 1 aliphatic heterocycles. The lowest BCUT2D eigenvalue weighted by Crippen LogP contribution is -2.28. The summed E-state index contributed by atoms with van der Waals surface area (Å²) in [6, 6.07) is 9.04. The molecule has 0 radical (unpaired) electrons. The molecule has 1 unspecified atom stereocenters. The Morgan fingerprint density at radius 2 is 1.92 bits per heavy atom. The summed E-state index contributed by atoms with van der Waals surface area (Å²) in [5, 5.41) is 10.0. The van der Waals surface area contributed by atoms with Crippen LogP contribution in [0.25, 0.3) is 0 Å². The van der Waals surface area contributed by atoms with Crippen molar-refractivity contribution in [2.45, 2.75) is 10.9 Å². The number of ether oxygens (including phenoxy) is 2. The van der Waals surface area contributed by atoms with Gasteiger partial charge in [-0.1, -0.05) is 17.8 Å². The average molecular weight is 378 g/mol. The summed E-state index contributed by atoms with van der Waals surface area (Å²) in [5.41, 5.74) is 1.25. The van der Waals surface area contributed by atoms with E-state index in [-0.39, 0.29) is 0 Å². The van der Waals surface area contributed by atoms with Gasteiger partial charge in [0.15, 0.2) is 11.6 Å². The van der Waals surface area contributed by atoms with Crippen LogP contribution in [0.5, 0.6) is 11.5 Å². The van der Waals surface area contributed by atoms with Gasteiger partial charge in [-0.25, -0.2) is 13.8 Å². The number of nitrogens with one attached hydrogen (secondary N) is 1. The maximum atomic E-state index is 13.4. The standard InChI is InChI=1S/C17H16F2N4O2S/c1-24-12-4-6-15(16(8-12)25-2)22-17(20-10-21-23-17)26-9-11-3-5-13(18)14(19)7-11/h3-8,10,22H,9H2,1-2H3. The Morgan fingerprint density at radius 1 is 1.08 bits per heavy atom. The van der Waals surface area contributed by atoms with E-state index in [4.69, 9.17) is 9.47 Å². The van der Waals surface area contributed by atoms with Gasteiger partial charge in [-0.05, 0) is 29.8 Å². The minimum Gasteiger partial charge on any atom is -0.497 e. The largest absolute Gasteiger partial charge is 0.497 e. The number of halogens is 2. The highest BCUT2D eigenvalue weighted by Crippen LogP contribution is 2.39. The summed E-state index contributed by atoms with van der Waals surface area (Å²) in [6.07, 6.45) is 1.33. The zero-order chi connectivity index (χ0) is 18.6. The van der Waals surface area contributed by atoms with Crippen molar-refractivity contribution in [2.75, 3.05) is 19.5 Å². The molecule has 2 aromatic rings. The normalized spacial score (nSPS) is 18.2. The number of anilines is 1. The zero-order valence-corrected chi connectivity index (χ0v) is 14.9. The van der Waals surface area contributed by atoms with Crippen LogP contribution in [0.2, 0.25) is 0 Å². The van der Waals surface area contributed by atoms with E-state index in [0.29, 0.717) is 28.5 Å². The van der Waals surface area contributed by atoms with Crippen molar-refractivity contribution in [3.8, 4) is 11.5 Å². The summed E-state index contributed by atoms with van der Waals surface area (Å²) >= 11 is 1.28. The number of aliphatic imine (C=N–C) groups is 1. The molecule has 0 saturated carbocycles. The van der Waals surface area contributed by atoms with E-state index in [2.05, 4.69) is 20.5 Å². The molecule has 1 atom stereocenters. The minimum absolute atomic E-state index is 0.346. The van der Waals surface area contributed by atoms with Crippen LogP contribution in [0.3, 0.4) is 0 Å². The predicted molar refractivity (Wildman–Crippen MR) is 96.9 cm³/mol. The first-order chi connectivity index (χ1) is 12.5. The topological polar surface area (TPSA) is 67.6 Å². The molecule has 6 nitrogen and oxygen atoms in total. The molecule has 1 N–H and O–H groups in total. The van der Waals surface area contributed by atoms with Crippen molar-refractivity contribution >= 4 is 23.8 Å². The molecular weight excluding hydrogens is 362 g/mol. The van der Waals surface area contributed by atoms with E-state index in [1.54, 1.807) is 32.4 Å². The summed E-state index contributed by atoms with van der Waals surface area (Å²) in [4.78, 5) is 4.27. The second-order valence-corrected chi connectivity index (χ2v) is 6.44. The van der Waals surface area contributed by atoms with Crippen molar-refractivity contribution < 1.29 is 18.3 Å². The molecule has 0 saturated heterocycles. The second kappa shape index (κ2) is 7.69. The quantitative estimate of drug-likeness (QED) is 0.724. The van der Waals surface area contributed by atoms with E-state index in [1.165, 1.54) is 24.2 Å². The second-order valence-electron chi connectivity index (χ2n) is 5.30. The number of hydrogen-bond acceptors (Lipinski definition) is 7. The number of nitrogens with zero attached hydrogens (tertiary/aromatic N) is 3. The number of methoxy groups -OCH3 is 2. The molecule has 26 heavy (non-hydrogen) atoms. The van der Waals surface area contributed by atoms with Crippen LogP contribution in [0, 0.1) is 11.6 Å². The molecule has 3 rings (SSSR count). The molecule has 0 amide bonds. The van der Waals surface area contributed by atoms with Gasteiger partial charge in [-0.2, -0.15) is 0 Å². The van der Waals surface area contributed by atoms with Gasteiger partial charge in [0, 0.05) is 11.8 Å². The monoisotopic (exact) mass is 378 g/mol. The SMILES string of the molecule is COc1ccc(NC2(SCc3ccc(F)c(F)c3)N=CN=N2)c(OC)c1. The number of rotatable bonds is 7. The third-order valence-corrected chi connectivity index (χ3v) is 4.78. The first-order valence-corrected chi connectivity index (χ1v) is 8.57. The third kappa shape index (κ3) is 3.93. The van der Waals surface area contributed by atoms with Gasteiger partial charge in [0.2, 0.25) is 0 Å². The zero-order valence-electron chi connectivity index (χ0n) is 14.1. The van der Waals surface area contributed by atoms with Gasteiger partial charge in [0.1, 0.15) is 17.8 Å². The van der Waals surface area contributed by atoms with Crippen LogP contribution >= 0.6 is 11.8 Å². The fourth-order valence-electron chi connectivity index (χ4n) is 2.28. The molecule has 9 heteroatoms. The Morgan fingerprint density at radius 3 is 2.58 bits per heavy atom. The summed E-state index contributed by atoms with van der Waals surface area (Å²) in [7, 11) is 3.11. The number of azo groups is 1. The number of thioether (sulfide) groups is 1. The lowest BCUT2D eigenvalue weighted by molar-refractivity contribution is 0.395. The number of benzene rings is 2. The molecule has 0 fully saturated rings. The van der Waals surface area contributed by atoms with Gasteiger partial charge in [0.25, 0.3) is 5.12 Å². The smallest absolute Gasteiger partial charge is 0.296 e. The predicted octanol–water partition coefficient (Wildman–Crippen LogP) is 4.43. The maximum absolute atomic E-state index is 13.4. The Balaban J connectivity index is 1.79. The van der Waals surface area contributed by atoms with Crippen LogP contribution in [-0.4, -0.2) is 25.7 Å². The summed E-state index contributed by atoms with van der Waals surface area (Å²) in [5.74, 6) is -0.229. The molecule has 0 aliphatic carbocycles. The molecule has 0 bridgehead atoms. The Kier molecular flexibility index (Phi) is 5.36. The Bertz CT molecular complexity index is 849. The molecular formula is C17H16F2N4O2S. The van der Waals surface area contributed by atoms with Gasteiger partial charge in [-0.15, -0.1) is 10.2 Å². The Labute approximate surface area is 153 Å². The highest BCUT2D eigenvalue weighted by Gasteiger charge is 2.33. The van der Waals surface area contributed by atoms with Crippen molar-refractivity contribution in [2.24, 2.45) is 15.2 Å². The lowest BCUT2D eigenvalue weighted by Gasteiger charge is -2.24. The van der Waals surface area contributed by atoms with Gasteiger partial charge < -0.3 is 14.8 Å². The van der Waals surface area contributed by atoms with Crippen LogP contribution < -0.4 is 14.8 Å². The average Bonchev–Trinajstić information content (AvgIpc) is 3.12. The first kappa shape index (κ1) is 18.1. The van der Waals surface area contributed by atoms with Crippen molar-refractivity contribution in [3.05, 3.63) is 53.6 Å². The molecule has 1 aliphatic rings. The van der Waals surface area contributed by atoms with E-state index >= 15 is 0 Å². The minimum atomic E-state index is -1.12. The molecule has 0 aromatic heterocycles. The van der Waals surface area contributed by atoms with Crippen molar-refractivity contribution in [1.82, 2.24) is 0 Å². The van der Waals surface area contributed by atoms with E-state index in [0.717, 1.165) is 12.1 Å². The fourth-order valence-corrected chi connectivity index (χ4v) is 3.24. The van der Waals surface area contributed by atoms with Crippen LogP contribution in [-0.2, 0) is 5.75 Å².